The Morgan fingerprint density at radius 2 is 1.53 bits per heavy atom. The molecule has 3 nitrogen and oxygen atoms in total. The fourth-order valence-corrected chi connectivity index (χ4v) is 2.07. The second kappa shape index (κ2) is 12.3. The van der Waals surface area contributed by atoms with Gasteiger partial charge in [0.1, 0.15) is 0 Å². The minimum atomic E-state index is 0.494. The molecule has 0 aliphatic carbocycles. The molecule has 3 heteroatoms. The lowest BCUT2D eigenvalue weighted by Crippen LogP contribution is -2.37. The zero-order valence-electron chi connectivity index (χ0n) is 12.2. The van der Waals surface area contributed by atoms with Gasteiger partial charge in [0.15, 0.2) is 0 Å². The van der Waals surface area contributed by atoms with Gasteiger partial charge in [-0.05, 0) is 33.5 Å². The molecule has 3 N–H and O–H groups in total. The fourth-order valence-electron chi connectivity index (χ4n) is 2.07. The number of nitrogens with zero attached hydrogens (tertiary/aromatic N) is 1. The molecule has 0 heterocycles. The number of hydrazine groups is 1. The number of hydrogen-bond donors (Lipinski definition) is 2. The summed E-state index contributed by atoms with van der Waals surface area (Å²) >= 11 is 0. The maximum absolute atomic E-state index is 5.57. The van der Waals surface area contributed by atoms with Crippen molar-refractivity contribution in [2.24, 2.45) is 5.84 Å². The summed E-state index contributed by atoms with van der Waals surface area (Å²) in [4.78, 5) is 2.22. The highest BCUT2D eigenvalue weighted by molar-refractivity contribution is 4.65. The summed E-state index contributed by atoms with van der Waals surface area (Å²) in [6.07, 6.45) is 12.0. The van der Waals surface area contributed by atoms with Crippen LogP contribution < -0.4 is 11.3 Å². The van der Waals surface area contributed by atoms with Gasteiger partial charge < -0.3 is 4.90 Å². The predicted octanol–water partition coefficient (Wildman–Crippen LogP) is 2.91. The van der Waals surface area contributed by atoms with Crippen molar-refractivity contribution in [2.45, 2.75) is 70.8 Å². The molecule has 0 aromatic carbocycles. The van der Waals surface area contributed by atoms with Crippen molar-refractivity contribution in [2.75, 3.05) is 20.6 Å². The van der Waals surface area contributed by atoms with E-state index in [1.165, 1.54) is 51.4 Å². The van der Waals surface area contributed by atoms with Crippen LogP contribution in [0.2, 0.25) is 0 Å². The van der Waals surface area contributed by atoms with Crippen LogP contribution in [0.25, 0.3) is 0 Å². The van der Waals surface area contributed by atoms with E-state index in [1.807, 2.05) is 0 Å². The van der Waals surface area contributed by atoms with Gasteiger partial charge in [-0.3, -0.25) is 11.3 Å². The van der Waals surface area contributed by atoms with E-state index in [1.54, 1.807) is 0 Å². The summed E-state index contributed by atoms with van der Waals surface area (Å²) in [7, 11) is 4.22. The third kappa shape index (κ3) is 12.1. The molecule has 0 saturated heterocycles. The normalized spacial score (nSPS) is 13.2. The first-order chi connectivity index (χ1) is 8.20. The maximum Gasteiger partial charge on any atom is 0.0222 e. The van der Waals surface area contributed by atoms with E-state index in [9.17, 15) is 0 Å². The van der Waals surface area contributed by atoms with Gasteiger partial charge in [0.05, 0.1) is 0 Å². The average Bonchev–Trinajstić information content (AvgIpc) is 2.31. The van der Waals surface area contributed by atoms with Gasteiger partial charge in [-0.25, -0.2) is 0 Å². The van der Waals surface area contributed by atoms with Crippen LogP contribution in [-0.4, -0.2) is 31.6 Å². The Labute approximate surface area is 108 Å². The van der Waals surface area contributed by atoms with Gasteiger partial charge in [-0.2, -0.15) is 0 Å². The molecule has 0 spiro atoms. The van der Waals surface area contributed by atoms with E-state index < -0.39 is 0 Å². The van der Waals surface area contributed by atoms with Crippen LogP contribution in [0.5, 0.6) is 0 Å². The maximum atomic E-state index is 5.57. The van der Waals surface area contributed by atoms with E-state index in [4.69, 9.17) is 5.84 Å². The lowest BCUT2D eigenvalue weighted by molar-refractivity contribution is 0.345. The highest BCUT2D eigenvalue weighted by Crippen LogP contribution is 2.10. The number of rotatable bonds is 12. The molecule has 1 atom stereocenters. The second-order valence-electron chi connectivity index (χ2n) is 5.37. The van der Waals surface area contributed by atoms with Crippen molar-refractivity contribution in [1.82, 2.24) is 10.3 Å². The van der Waals surface area contributed by atoms with Gasteiger partial charge >= 0.3 is 0 Å². The van der Waals surface area contributed by atoms with Gasteiger partial charge in [-0.15, -0.1) is 0 Å². The summed E-state index contributed by atoms with van der Waals surface area (Å²) in [5.41, 5.74) is 2.94. The lowest BCUT2D eigenvalue weighted by Gasteiger charge is -2.18. The van der Waals surface area contributed by atoms with Crippen LogP contribution in [0.15, 0.2) is 0 Å². The molecule has 17 heavy (non-hydrogen) atoms. The molecule has 0 fully saturated rings. The Bertz CT molecular complexity index is 148. The first-order valence-electron chi connectivity index (χ1n) is 7.31. The quantitative estimate of drug-likeness (QED) is 0.315. The summed E-state index contributed by atoms with van der Waals surface area (Å²) in [5, 5.41) is 0. The minimum Gasteiger partial charge on any atom is -0.309 e. The van der Waals surface area contributed by atoms with Crippen LogP contribution >= 0.6 is 0 Å². The molecular weight excluding hydrogens is 210 g/mol. The first kappa shape index (κ1) is 16.9. The highest BCUT2D eigenvalue weighted by Gasteiger charge is 2.06. The van der Waals surface area contributed by atoms with Crippen molar-refractivity contribution in [3.05, 3.63) is 0 Å². The Hall–Kier alpha value is -0.120. The topological polar surface area (TPSA) is 41.3 Å². The average molecular weight is 243 g/mol. The van der Waals surface area contributed by atoms with E-state index in [0.717, 1.165) is 13.0 Å². The summed E-state index contributed by atoms with van der Waals surface area (Å²) in [5.74, 6) is 5.57. The predicted molar refractivity (Wildman–Crippen MR) is 76.9 cm³/mol. The Morgan fingerprint density at radius 1 is 0.941 bits per heavy atom. The number of nitrogens with two attached hydrogens (primary N) is 1. The monoisotopic (exact) mass is 243 g/mol. The molecular formula is C14H33N3. The van der Waals surface area contributed by atoms with Crippen molar-refractivity contribution >= 4 is 0 Å². The van der Waals surface area contributed by atoms with Crippen LogP contribution in [0, 0.1) is 0 Å². The van der Waals surface area contributed by atoms with Gasteiger partial charge in [0.2, 0.25) is 0 Å². The van der Waals surface area contributed by atoms with Crippen LogP contribution in [0.1, 0.15) is 64.7 Å². The molecule has 0 aromatic rings. The Morgan fingerprint density at radius 3 is 2.06 bits per heavy atom. The number of unbranched alkanes of at least 4 members (excludes halogenated alkanes) is 6. The van der Waals surface area contributed by atoms with Gasteiger partial charge in [0, 0.05) is 6.04 Å². The van der Waals surface area contributed by atoms with Crippen molar-refractivity contribution in [3.8, 4) is 0 Å². The van der Waals surface area contributed by atoms with E-state index in [2.05, 4.69) is 31.3 Å². The third-order valence-corrected chi connectivity index (χ3v) is 3.32. The SMILES string of the molecule is CCCCCCCCCC(CCN(C)C)NN. The molecule has 0 aromatic heterocycles. The van der Waals surface area contributed by atoms with Gasteiger partial charge in [-0.1, -0.05) is 51.9 Å². The fraction of sp³-hybridized carbons (Fsp3) is 1.00. The zero-order chi connectivity index (χ0) is 12.9. The summed E-state index contributed by atoms with van der Waals surface area (Å²) < 4.78 is 0. The molecule has 0 amide bonds. The standard InChI is InChI=1S/C14H33N3/c1-4-5-6-7-8-9-10-11-14(16-15)12-13-17(2)3/h14,16H,4-13,15H2,1-3H3. The highest BCUT2D eigenvalue weighted by atomic mass is 15.2. The Balaban J connectivity index is 3.31. The number of hydrogen-bond acceptors (Lipinski definition) is 3. The zero-order valence-corrected chi connectivity index (χ0v) is 12.2. The molecule has 104 valence electrons. The summed E-state index contributed by atoms with van der Waals surface area (Å²) in [6.45, 7) is 3.38. The largest absolute Gasteiger partial charge is 0.309 e. The molecule has 0 aliphatic rings. The first-order valence-corrected chi connectivity index (χ1v) is 7.31. The summed E-state index contributed by atoms with van der Waals surface area (Å²) in [6, 6.07) is 0.494. The van der Waals surface area contributed by atoms with Crippen LogP contribution in [0.3, 0.4) is 0 Å². The third-order valence-electron chi connectivity index (χ3n) is 3.32. The molecule has 1 unspecified atom stereocenters. The molecule has 0 bridgehead atoms. The molecule has 0 aliphatic heterocycles. The molecule has 0 rings (SSSR count). The van der Waals surface area contributed by atoms with E-state index in [0.29, 0.717) is 6.04 Å². The second-order valence-corrected chi connectivity index (χ2v) is 5.37. The van der Waals surface area contributed by atoms with Crippen LogP contribution in [-0.2, 0) is 0 Å². The molecule has 0 radical (unpaired) electrons. The lowest BCUT2D eigenvalue weighted by atomic mass is 10.0. The minimum absolute atomic E-state index is 0.494. The van der Waals surface area contributed by atoms with Crippen LogP contribution in [0.4, 0.5) is 0 Å². The number of nitrogens with one attached hydrogen (secondary N) is 1. The van der Waals surface area contributed by atoms with Crippen molar-refractivity contribution in [3.63, 3.8) is 0 Å². The van der Waals surface area contributed by atoms with Crippen molar-refractivity contribution < 1.29 is 0 Å². The van der Waals surface area contributed by atoms with Crippen molar-refractivity contribution in [1.29, 1.82) is 0 Å². The van der Waals surface area contributed by atoms with Gasteiger partial charge in [0.25, 0.3) is 0 Å². The Kier molecular flexibility index (Phi) is 12.3. The van der Waals surface area contributed by atoms with E-state index >= 15 is 0 Å². The van der Waals surface area contributed by atoms with E-state index in [-0.39, 0.29) is 0 Å². The smallest absolute Gasteiger partial charge is 0.0222 e. The molecule has 0 saturated carbocycles.